The quantitative estimate of drug-likeness (QED) is 0.856. The van der Waals surface area contributed by atoms with Crippen molar-refractivity contribution in [1.29, 1.82) is 5.26 Å². The molecule has 1 N–H and O–H groups in total. The monoisotopic (exact) mass is 340 g/mol. The normalized spacial score (nSPS) is 18.8. The van der Waals surface area contributed by atoms with Gasteiger partial charge in [0.1, 0.15) is 0 Å². The maximum atomic E-state index is 11.4. The van der Waals surface area contributed by atoms with Crippen molar-refractivity contribution in [2.45, 2.75) is 52.7 Å². The summed E-state index contributed by atoms with van der Waals surface area (Å²) in [6.07, 6.45) is 1.97. The van der Waals surface area contributed by atoms with Crippen molar-refractivity contribution in [3.8, 4) is 6.07 Å². The summed E-state index contributed by atoms with van der Waals surface area (Å²) in [6, 6.07) is 7.65. The van der Waals surface area contributed by atoms with Crippen LogP contribution in [0.15, 0.2) is 23.7 Å². The van der Waals surface area contributed by atoms with E-state index in [4.69, 9.17) is 14.6 Å². The van der Waals surface area contributed by atoms with E-state index in [0.717, 1.165) is 16.6 Å². The predicted octanol–water partition coefficient (Wildman–Crippen LogP) is 3.02. The number of nitriles is 1. The SMILES string of the molecule is CC(=O)NCC(=Cc1ccc(C#N)cc1C)B1OC(C)(C)C(C)(C)O1. The molecule has 5 nitrogen and oxygen atoms in total. The predicted molar refractivity (Wildman–Crippen MR) is 98.6 cm³/mol. The minimum Gasteiger partial charge on any atom is -0.400 e. The number of hydrogen-bond donors (Lipinski definition) is 1. The molecule has 0 atom stereocenters. The van der Waals surface area contributed by atoms with Crippen molar-refractivity contribution in [3.05, 3.63) is 40.4 Å². The van der Waals surface area contributed by atoms with Crippen LogP contribution in [0.2, 0.25) is 0 Å². The molecule has 1 aromatic rings. The molecule has 0 unspecified atom stereocenters. The van der Waals surface area contributed by atoms with Crippen LogP contribution in [0.25, 0.3) is 6.08 Å². The number of carbonyl (C=O) groups is 1. The fourth-order valence-corrected chi connectivity index (χ4v) is 2.53. The van der Waals surface area contributed by atoms with Crippen LogP contribution in [-0.2, 0) is 14.1 Å². The number of carbonyl (C=O) groups excluding carboxylic acids is 1. The summed E-state index contributed by atoms with van der Waals surface area (Å²) in [5, 5.41) is 11.8. The van der Waals surface area contributed by atoms with E-state index in [-0.39, 0.29) is 5.91 Å². The number of nitrogens with one attached hydrogen (secondary N) is 1. The van der Waals surface area contributed by atoms with Crippen molar-refractivity contribution in [1.82, 2.24) is 5.32 Å². The molecule has 2 rings (SSSR count). The molecule has 1 aliphatic heterocycles. The molecule has 0 aromatic heterocycles. The third kappa shape index (κ3) is 4.30. The van der Waals surface area contributed by atoms with E-state index < -0.39 is 18.3 Å². The van der Waals surface area contributed by atoms with Crippen molar-refractivity contribution < 1.29 is 14.1 Å². The molecule has 1 aromatic carbocycles. The Kier molecular flexibility index (Phi) is 5.41. The Balaban J connectivity index is 2.37. The summed E-state index contributed by atoms with van der Waals surface area (Å²) in [7, 11) is -0.535. The maximum absolute atomic E-state index is 11.4. The molecule has 25 heavy (non-hydrogen) atoms. The van der Waals surface area contributed by atoms with Crippen molar-refractivity contribution in [3.63, 3.8) is 0 Å². The molecule has 0 bridgehead atoms. The number of rotatable bonds is 4. The highest BCUT2D eigenvalue weighted by Crippen LogP contribution is 2.38. The number of amides is 1. The number of aryl methyl sites for hydroxylation is 1. The van der Waals surface area contributed by atoms with Gasteiger partial charge in [-0.25, -0.2) is 0 Å². The standard InChI is InChI=1S/C19H25BN2O3/c1-13-9-15(11-21)7-8-16(13)10-17(12-22-14(2)23)20-24-18(3,4)19(5,6)25-20/h7-10H,12H2,1-6H3,(H,22,23). The largest absolute Gasteiger partial charge is 0.492 e. The molecule has 1 saturated heterocycles. The first-order chi connectivity index (χ1) is 11.6. The van der Waals surface area contributed by atoms with E-state index in [0.29, 0.717) is 12.1 Å². The molecule has 0 radical (unpaired) electrons. The minimum atomic E-state index is -0.535. The number of hydrogen-bond acceptors (Lipinski definition) is 4. The Labute approximate surface area is 150 Å². The van der Waals surface area contributed by atoms with Gasteiger partial charge in [0.2, 0.25) is 5.91 Å². The molecule has 1 aliphatic rings. The van der Waals surface area contributed by atoms with Crippen LogP contribution in [0.3, 0.4) is 0 Å². The van der Waals surface area contributed by atoms with E-state index >= 15 is 0 Å². The van der Waals surface area contributed by atoms with E-state index in [1.165, 1.54) is 6.92 Å². The summed E-state index contributed by atoms with van der Waals surface area (Å²) in [6.45, 7) is 11.8. The summed E-state index contributed by atoms with van der Waals surface area (Å²) < 4.78 is 12.2. The summed E-state index contributed by atoms with van der Waals surface area (Å²) in [5.41, 5.74) is 2.50. The Morgan fingerprint density at radius 2 is 1.88 bits per heavy atom. The Bertz CT molecular complexity index is 732. The lowest BCUT2D eigenvalue weighted by atomic mass is 9.76. The summed E-state index contributed by atoms with van der Waals surface area (Å²) in [4.78, 5) is 11.4. The van der Waals surface area contributed by atoms with Gasteiger partial charge in [-0.2, -0.15) is 5.26 Å². The zero-order valence-corrected chi connectivity index (χ0v) is 15.8. The van der Waals surface area contributed by atoms with Crippen LogP contribution in [0.1, 0.15) is 51.3 Å². The lowest BCUT2D eigenvalue weighted by Crippen LogP contribution is -2.41. The lowest BCUT2D eigenvalue weighted by Gasteiger charge is -2.32. The van der Waals surface area contributed by atoms with Crippen LogP contribution < -0.4 is 5.32 Å². The molecule has 0 aliphatic carbocycles. The zero-order valence-electron chi connectivity index (χ0n) is 15.8. The van der Waals surface area contributed by atoms with E-state index in [9.17, 15) is 4.79 Å². The van der Waals surface area contributed by atoms with E-state index in [1.54, 1.807) is 6.07 Å². The van der Waals surface area contributed by atoms with Crippen molar-refractivity contribution in [2.75, 3.05) is 6.54 Å². The zero-order chi connectivity index (χ0) is 18.8. The second kappa shape index (κ2) is 7.03. The molecule has 1 amide bonds. The first-order valence-electron chi connectivity index (χ1n) is 8.37. The fourth-order valence-electron chi connectivity index (χ4n) is 2.53. The van der Waals surface area contributed by atoms with Crippen LogP contribution in [0.4, 0.5) is 0 Å². The molecular formula is C19H25BN2O3. The molecule has 0 spiro atoms. The van der Waals surface area contributed by atoms with Gasteiger partial charge >= 0.3 is 7.12 Å². The topological polar surface area (TPSA) is 71.4 Å². The first-order valence-corrected chi connectivity index (χ1v) is 8.37. The molecule has 1 heterocycles. The molecule has 6 heteroatoms. The van der Waals surface area contributed by atoms with Gasteiger partial charge in [-0.15, -0.1) is 0 Å². The number of benzene rings is 1. The average Bonchev–Trinajstić information content (AvgIpc) is 2.72. The van der Waals surface area contributed by atoms with Crippen LogP contribution in [-0.4, -0.2) is 30.8 Å². The summed E-state index contributed by atoms with van der Waals surface area (Å²) in [5.74, 6) is -0.112. The van der Waals surface area contributed by atoms with Gasteiger partial charge in [-0.3, -0.25) is 4.79 Å². The van der Waals surface area contributed by atoms with Gasteiger partial charge in [-0.1, -0.05) is 12.1 Å². The van der Waals surface area contributed by atoms with E-state index in [1.807, 2.05) is 52.8 Å². The van der Waals surface area contributed by atoms with Gasteiger partial charge in [0, 0.05) is 13.5 Å². The first kappa shape index (κ1) is 19.2. The molecule has 1 fully saturated rings. The summed E-state index contributed by atoms with van der Waals surface area (Å²) >= 11 is 0. The van der Waals surface area contributed by atoms with Crippen molar-refractivity contribution in [2.24, 2.45) is 0 Å². The highest BCUT2D eigenvalue weighted by Gasteiger charge is 2.52. The third-order valence-corrected chi connectivity index (χ3v) is 4.84. The second-order valence-electron chi connectivity index (χ2n) is 7.40. The molecule has 0 saturated carbocycles. The van der Waals surface area contributed by atoms with Crippen molar-refractivity contribution >= 4 is 19.1 Å². The average molecular weight is 340 g/mol. The van der Waals surface area contributed by atoms with Gasteiger partial charge in [0.15, 0.2) is 0 Å². The number of nitrogens with zero attached hydrogens (tertiary/aromatic N) is 1. The smallest absolute Gasteiger partial charge is 0.400 e. The Morgan fingerprint density at radius 3 is 2.36 bits per heavy atom. The van der Waals surface area contributed by atoms with Crippen LogP contribution in [0.5, 0.6) is 0 Å². The molecule has 132 valence electrons. The van der Waals surface area contributed by atoms with E-state index in [2.05, 4.69) is 11.4 Å². The maximum Gasteiger partial charge on any atom is 0.492 e. The second-order valence-corrected chi connectivity index (χ2v) is 7.40. The molecular weight excluding hydrogens is 315 g/mol. The third-order valence-electron chi connectivity index (χ3n) is 4.84. The van der Waals surface area contributed by atoms with Gasteiger partial charge < -0.3 is 14.6 Å². The Morgan fingerprint density at radius 1 is 1.28 bits per heavy atom. The fraction of sp³-hybridized carbons (Fsp3) is 0.474. The van der Waals surface area contributed by atoms with Gasteiger partial charge in [0.05, 0.1) is 22.8 Å². The lowest BCUT2D eigenvalue weighted by molar-refractivity contribution is -0.118. The van der Waals surface area contributed by atoms with Gasteiger partial charge in [-0.05, 0) is 63.4 Å². The highest BCUT2D eigenvalue weighted by atomic mass is 16.7. The van der Waals surface area contributed by atoms with Gasteiger partial charge in [0.25, 0.3) is 0 Å². The highest BCUT2D eigenvalue weighted by molar-refractivity contribution is 6.56. The Hall–Kier alpha value is -2.10. The minimum absolute atomic E-state index is 0.112. The van der Waals surface area contributed by atoms with Crippen LogP contribution >= 0.6 is 0 Å². The van der Waals surface area contributed by atoms with Crippen LogP contribution in [0, 0.1) is 18.3 Å².